The van der Waals surface area contributed by atoms with E-state index in [0.29, 0.717) is 19.0 Å². The van der Waals surface area contributed by atoms with Crippen molar-refractivity contribution in [2.75, 3.05) is 0 Å². The molecule has 0 bridgehead atoms. The summed E-state index contributed by atoms with van der Waals surface area (Å²) in [7, 11) is 0. The van der Waals surface area contributed by atoms with E-state index in [1.54, 1.807) is 28.4 Å². The maximum atomic E-state index is 12.3. The number of carbonyl (C=O) groups is 1. The number of rotatable bonds is 6. The summed E-state index contributed by atoms with van der Waals surface area (Å²) < 4.78 is 1.70. The zero-order chi connectivity index (χ0) is 13.1. The van der Waals surface area contributed by atoms with Crippen LogP contribution in [-0.2, 0) is 17.9 Å². The molecular weight excluding hydrogens is 260 g/mol. The van der Waals surface area contributed by atoms with Crippen LogP contribution >= 0.6 is 11.3 Å². The van der Waals surface area contributed by atoms with E-state index in [1.165, 1.54) is 4.88 Å². The van der Waals surface area contributed by atoms with Gasteiger partial charge in [0, 0.05) is 23.5 Å². The van der Waals surface area contributed by atoms with Gasteiger partial charge in [0.25, 0.3) is 0 Å². The molecule has 0 saturated heterocycles. The van der Waals surface area contributed by atoms with E-state index in [4.69, 9.17) is 0 Å². The Balaban J connectivity index is 1.58. The second kappa shape index (κ2) is 5.52. The molecule has 1 saturated carbocycles. The highest BCUT2D eigenvalue weighted by molar-refractivity contribution is 7.09. The molecule has 19 heavy (non-hydrogen) atoms. The largest absolute Gasteiger partial charge is 0.335 e. The first-order chi connectivity index (χ1) is 9.33. The summed E-state index contributed by atoms with van der Waals surface area (Å²) in [6.07, 6.45) is 6.19. The maximum Gasteiger partial charge on any atom is 0.225 e. The Morgan fingerprint density at radius 3 is 3.05 bits per heavy atom. The Bertz CT molecular complexity index is 519. The summed E-state index contributed by atoms with van der Waals surface area (Å²) >= 11 is 1.71. The number of hydrogen-bond donors (Lipinski definition) is 0. The summed E-state index contributed by atoms with van der Waals surface area (Å²) in [6.45, 7) is 1.35. The van der Waals surface area contributed by atoms with E-state index < -0.39 is 0 Å². The van der Waals surface area contributed by atoms with Crippen LogP contribution in [0.5, 0.6) is 0 Å². The lowest BCUT2D eigenvalue weighted by molar-refractivity contribution is -0.132. The smallest absolute Gasteiger partial charge is 0.225 e. The molecule has 0 N–H and O–H groups in total. The average molecular weight is 276 g/mol. The van der Waals surface area contributed by atoms with Gasteiger partial charge in [-0.2, -0.15) is 0 Å². The van der Waals surface area contributed by atoms with Crippen molar-refractivity contribution in [2.45, 2.75) is 38.4 Å². The van der Waals surface area contributed by atoms with Crippen molar-refractivity contribution in [1.29, 1.82) is 0 Å². The molecule has 0 spiro atoms. The van der Waals surface area contributed by atoms with Gasteiger partial charge in [0.05, 0.1) is 19.3 Å². The lowest BCUT2D eigenvalue weighted by Gasteiger charge is -2.21. The van der Waals surface area contributed by atoms with E-state index in [-0.39, 0.29) is 5.91 Å². The second-order valence-electron chi connectivity index (χ2n) is 4.75. The normalized spacial score (nSPS) is 14.5. The fraction of sp³-hybridized carbons (Fsp3) is 0.462. The average Bonchev–Trinajstić information content (AvgIpc) is 2.94. The molecule has 1 fully saturated rings. The highest BCUT2D eigenvalue weighted by Crippen LogP contribution is 2.29. The van der Waals surface area contributed by atoms with E-state index in [9.17, 15) is 4.79 Å². The molecule has 3 rings (SSSR count). The quantitative estimate of drug-likeness (QED) is 0.810. The van der Waals surface area contributed by atoms with Crippen LogP contribution in [0.25, 0.3) is 0 Å². The molecule has 100 valence electrons. The van der Waals surface area contributed by atoms with Crippen molar-refractivity contribution >= 4 is 17.2 Å². The van der Waals surface area contributed by atoms with Gasteiger partial charge in [-0.3, -0.25) is 9.48 Å². The monoisotopic (exact) mass is 276 g/mol. The van der Waals surface area contributed by atoms with E-state index in [1.807, 2.05) is 11.0 Å². The molecule has 2 aromatic heterocycles. The summed E-state index contributed by atoms with van der Waals surface area (Å²) in [5, 5.41) is 9.68. The molecule has 0 atom stereocenters. The number of hydrogen-bond acceptors (Lipinski definition) is 4. The highest BCUT2D eigenvalue weighted by Gasteiger charge is 2.32. The van der Waals surface area contributed by atoms with Gasteiger partial charge >= 0.3 is 0 Å². The minimum Gasteiger partial charge on any atom is -0.335 e. The Morgan fingerprint density at radius 2 is 2.42 bits per heavy atom. The first kappa shape index (κ1) is 12.3. The van der Waals surface area contributed by atoms with Gasteiger partial charge < -0.3 is 4.90 Å². The van der Waals surface area contributed by atoms with Gasteiger partial charge in [-0.05, 0) is 24.3 Å². The van der Waals surface area contributed by atoms with Crippen molar-refractivity contribution in [2.24, 2.45) is 0 Å². The van der Waals surface area contributed by atoms with Crippen molar-refractivity contribution in [3.05, 3.63) is 34.8 Å². The number of thiophene rings is 1. The molecule has 0 aliphatic heterocycles. The van der Waals surface area contributed by atoms with E-state index >= 15 is 0 Å². The summed E-state index contributed by atoms with van der Waals surface area (Å²) in [5.41, 5.74) is 0. The Morgan fingerprint density at radius 1 is 1.53 bits per heavy atom. The Hall–Kier alpha value is -1.69. The van der Waals surface area contributed by atoms with Crippen LogP contribution in [0.15, 0.2) is 29.9 Å². The SMILES string of the molecule is O=C(CCn1ccnn1)N(Cc1cccs1)C1CC1. The molecule has 1 aliphatic carbocycles. The van der Waals surface area contributed by atoms with E-state index in [0.717, 1.165) is 19.4 Å². The number of nitrogens with zero attached hydrogens (tertiary/aromatic N) is 4. The molecule has 1 aliphatic rings. The van der Waals surface area contributed by atoms with Gasteiger partial charge in [0.15, 0.2) is 0 Å². The van der Waals surface area contributed by atoms with Crippen LogP contribution in [0.2, 0.25) is 0 Å². The molecule has 0 unspecified atom stereocenters. The van der Waals surface area contributed by atoms with Gasteiger partial charge in [-0.15, -0.1) is 16.4 Å². The third-order valence-electron chi connectivity index (χ3n) is 3.24. The lowest BCUT2D eigenvalue weighted by atomic mass is 10.3. The summed E-state index contributed by atoms with van der Waals surface area (Å²) in [5.74, 6) is 0.214. The fourth-order valence-corrected chi connectivity index (χ4v) is 2.79. The molecule has 5 nitrogen and oxygen atoms in total. The number of aromatic nitrogens is 3. The predicted molar refractivity (Wildman–Crippen MR) is 72.5 cm³/mol. The predicted octanol–water partition coefficient (Wildman–Crippen LogP) is 1.92. The van der Waals surface area contributed by atoms with Crippen LogP contribution in [0, 0.1) is 0 Å². The number of carbonyl (C=O) groups excluding carboxylic acids is 1. The van der Waals surface area contributed by atoms with Crippen molar-refractivity contribution < 1.29 is 4.79 Å². The third-order valence-corrected chi connectivity index (χ3v) is 4.10. The Kier molecular flexibility index (Phi) is 3.59. The summed E-state index contributed by atoms with van der Waals surface area (Å²) in [4.78, 5) is 15.6. The molecule has 2 aromatic rings. The van der Waals surface area contributed by atoms with Crippen molar-refractivity contribution in [1.82, 2.24) is 19.9 Å². The summed E-state index contributed by atoms with van der Waals surface area (Å²) in [6, 6.07) is 4.57. The minimum absolute atomic E-state index is 0.214. The van der Waals surface area contributed by atoms with E-state index in [2.05, 4.69) is 21.8 Å². The fourth-order valence-electron chi connectivity index (χ4n) is 2.08. The highest BCUT2D eigenvalue weighted by atomic mass is 32.1. The third kappa shape index (κ3) is 3.20. The first-order valence-electron chi connectivity index (χ1n) is 6.49. The van der Waals surface area contributed by atoms with Crippen LogP contribution in [0.1, 0.15) is 24.1 Å². The molecule has 0 radical (unpaired) electrons. The lowest BCUT2D eigenvalue weighted by Crippen LogP contribution is -2.32. The molecule has 2 heterocycles. The molecular formula is C13H16N4OS. The van der Waals surface area contributed by atoms with Gasteiger partial charge in [-0.25, -0.2) is 0 Å². The molecule has 1 amide bonds. The van der Waals surface area contributed by atoms with Crippen LogP contribution in [-0.4, -0.2) is 31.8 Å². The zero-order valence-electron chi connectivity index (χ0n) is 10.6. The number of amides is 1. The topological polar surface area (TPSA) is 51.0 Å². The van der Waals surface area contributed by atoms with Crippen LogP contribution in [0.3, 0.4) is 0 Å². The molecule has 6 heteroatoms. The Labute approximate surface area is 115 Å². The second-order valence-corrected chi connectivity index (χ2v) is 5.78. The number of aryl methyl sites for hydroxylation is 1. The zero-order valence-corrected chi connectivity index (χ0v) is 11.4. The van der Waals surface area contributed by atoms with Gasteiger partial charge in [0.2, 0.25) is 5.91 Å². The molecule has 0 aromatic carbocycles. The van der Waals surface area contributed by atoms with Crippen LogP contribution < -0.4 is 0 Å². The van der Waals surface area contributed by atoms with Gasteiger partial charge in [0.1, 0.15) is 0 Å². The van der Waals surface area contributed by atoms with Gasteiger partial charge in [-0.1, -0.05) is 11.3 Å². The maximum absolute atomic E-state index is 12.3. The first-order valence-corrected chi connectivity index (χ1v) is 7.37. The minimum atomic E-state index is 0.214. The van der Waals surface area contributed by atoms with Crippen molar-refractivity contribution in [3.8, 4) is 0 Å². The van der Waals surface area contributed by atoms with Crippen molar-refractivity contribution in [3.63, 3.8) is 0 Å². The van der Waals surface area contributed by atoms with Crippen LogP contribution in [0.4, 0.5) is 0 Å². The standard InChI is InChI=1S/C13H16N4OS/c18-13(5-7-16-8-6-14-15-16)17(11-3-4-11)10-12-2-1-9-19-12/h1-2,6,8-9,11H,3-5,7,10H2.